The molecule has 5 heteroatoms. The van der Waals surface area contributed by atoms with Crippen molar-refractivity contribution in [2.75, 3.05) is 19.7 Å². The molecule has 0 spiro atoms. The molecule has 2 fully saturated rings. The quantitative estimate of drug-likeness (QED) is 0.845. The van der Waals surface area contributed by atoms with E-state index in [2.05, 4.69) is 21.8 Å². The number of aryl methyl sites for hydroxylation is 1. The molecule has 1 aromatic heterocycles. The third-order valence-corrected chi connectivity index (χ3v) is 4.72. The molecular weight excluding hydrogens is 258 g/mol. The number of ether oxygens (including phenoxy) is 1. The van der Waals surface area contributed by atoms with E-state index >= 15 is 0 Å². The average molecular weight is 279 g/mol. The molecule has 104 valence electrons. The van der Waals surface area contributed by atoms with Crippen LogP contribution in [0, 0.1) is 11.6 Å². The smallest absolute Gasteiger partial charge is 0.138 e. The first kappa shape index (κ1) is 13.2. The highest BCUT2D eigenvalue weighted by Gasteiger charge is 2.33. The largest absolute Gasteiger partial charge is 0.367 e. The maximum absolute atomic E-state index is 5.99. The third kappa shape index (κ3) is 2.47. The van der Waals surface area contributed by atoms with E-state index in [-0.39, 0.29) is 6.10 Å². The molecule has 0 saturated carbocycles. The Kier molecular flexibility index (Phi) is 3.69. The van der Waals surface area contributed by atoms with Gasteiger partial charge in [0.15, 0.2) is 0 Å². The van der Waals surface area contributed by atoms with Gasteiger partial charge in [0.25, 0.3) is 0 Å². The summed E-state index contributed by atoms with van der Waals surface area (Å²) in [6.45, 7) is 7.12. The number of aromatic amines is 1. The fourth-order valence-electron chi connectivity index (χ4n) is 3.09. The molecule has 1 aromatic rings. The van der Waals surface area contributed by atoms with Gasteiger partial charge in [0.05, 0.1) is 6.61 Å². The van der Waals surface area contributed by atoms with Crippen LogP contribution in [0.25, 0.3) is 0 Å². The van der Waals surface area contributed by atoms with Crippen LogP contribution in [-0.4, -0.2) is 40.6 Å². The highest BCUT2D eigenvalue weighted by atomic mass is 32.1. The van der Waals surface area contributed by atoms with Crippen LogP contribution in [0.4, 0.5) is 0 Å². The summed E-state index contributed by atoms with van der Waals surface area (Å²) >= 11 is 5.36. The van der Waals surface area contributed by atoms with Gasteiger partial charge in [-0.15, -0.1) is 0 Å². The summed E-state index contributed by atoms with van der Waals surface area (Å²) in [5.74, 6) is 0.901. The lowest BCUT2D eigenvalue weighted by atomic mass is 10.1. The zero-order chi connectivity index (χ0) is 13.4. The number of morpholine rings is 1. The first-order chi connectivity index (χ1) is 9.19. The lowest BCUT2D eigenvalue weighted by Crippen LogP contribution is -2.43. The van der Waals surface area contributed by atoms with Crippen LogP contribution in [-0.2, 0) is 11.2 Å². The number of aromatic nitrogens is 2. The Hall–Kier alpha value is -0.780. The molecule has 2 aliphatic heterocycles. The van der Waals surface area contributed by atoms with Crippen LogP contribution in [0.3, 0.4) is 0 Å². The van der Waals surface area contributed by atoms with Gasteiger partial charge in [-0.3, -0.25) is 4.90 Å². The van der Waals surface area contributed by atoms with E-state index in [1.54, 1.807) is 0 Å². The molecule has 0 amide bonds. The van der Waals surface area contributed by atoms with Crippen LogP contribution in [0.5, 0.6) is 0 Å². The van der Waals surface area contributed by atoms with Crippen molar-refractivity contribution >= 4 is 12.2 Å². The van der Waals surface area contributed by atoms with Crippen LogP contribution in [0.1, 0.15) is 43.0 Å². The van der Waals surface area contributed by atoms with Crippen molar-refractivity contribution in [2.24, 2.45) is 0 Å². The molecule has 0 aromatic carbocycles. The summed E-state index contributed by atoms with van der Waals surface area (Å²) in [5, 5.41) is 0. The van der Waals surface area contributed by atoms with Gasteiger partial charge in [0.2, 0.25) is 0 Å². The Labute approximate surface area is 119 Å². The highest BCUT2D eigenvalue weighted by molar-refractivity contribution is 7.71. The highest BCUT2D eigenvalue weighted by Crippen LogP contribution is 2.28. The van der Waals surface area contributed by atoms with Crippen LogP contribution in [0.15, 0.2) is 0 Å². The molecule has 19 heavy (non-hydrogen) atoms. The number of nitrogens with zero attached hydrogens (tertiary/aromatic N) is 2. The monoisotopic (exact) mass is 279 g/mol. The molecule has 0 aliphatic carbocycles. The van der Waals surface area contributed by atoms with E-state index in [4.69, 9.17) is 17.0 Å². The second-order valence-electron chi connectivity index (χ2n) is 5.50. The predicted molar refractivity (Wildman–Crippen MR) is 76.8 cm³/mol. The van der Waals surface area contributed by atoms with Gasteiger partial charge >= 0.3 is 0 Å². The molecule has 2 saturated heterocycles. The van der Waals surface area contributed by atoms with Crippen molar-refractivity contribution in [3.05, 3.63) is 21.7 Å². The Morgan fingerprint density at radius 1 is 1.53 bits per heavy atom. The van der Waals surface area contributed by atoms with Gasteiger partial charge in [-0.05, 0) is 32.7 Å². The van der Waals surface area contributed by atoms with E-state index in [9.17, 15) is 0 Å². The number of nitrogens with one attached hydrogen (secondary N) is 1. The molecule has 1 N–H and O–H groups in total. The van der Waals surface area contributed by atoms with E-state index in [0.29, 0.717) is 10.7 Å². The van der Waals surface area contributed by atoms with Crippen molar-refractivity contribution in [3.8, 4) is 0 Å². The third-order valence-electron chi connectivity index (χ3n) is 4.32. The standard InChI is InChI=1S/C14H21N3OS/c1-3-11-9(2)14(19)16-13(15-11)12-7-17-6-4-5-10(17)8-18-12/h10,12H,3-8H2,1-2H3,(H,15,16,19). The van der Waals surface area contributed by atoms with Crippen molar-refractivity contribution < 1.29 is 4.74 Å². The molecule has 4 nitrogen and oxygen atoms in total. The number of hydrogen-bond acceptors (Lipinski definition) is 4. The zero-order valence-corrected chi connectivity index (χ0v) is 12.4. The van der Waals surface area contributed by atoms with Crippen molar-refractivity contribution in [2.45, 2.75) is 45.3 Å². The normalized spacial score (nSPS) is 27.5. The second kappa shape index (κ2) is 5.31. The van der Waals surface area contributed by atoms with Crippen molar-refractivity contribution in [3.63, 3.8) is 0 Å². The Morgan fingerprint density at radius 3 is 3.16 bits per heavy atom. The van der Waals surface area contributed by atoms with Crippen LogP contribution >= 0.6 is 12.2 Å². The average Bonchev–Trinajstić information content (AvgIpc) is 2.89. The maximum atomic E-state index is 5.99. The summed E-state index contributed by atoms with van der Waals surface area (Å²) in [6, 6.07) is 0.621. The molecule has 2 atom stereocenters. The second-order valence-corrected chi connectivity index (χ2v) is 5.88. The SMILES string of the molecule is CCc1[nH]c(C2CN3CCCC3CO2)nc(=S)c1C. The summed E-state index contributed by atoms with van der Waals surface area (Å²) in [6.07, 6.45) is 3.55. The topological polar surface area (TPSA) is 41.2 Å². The minimum absolute atomic E-state index is 0.0435. The number of H-pyrrole nitrogens is 1. The minimum Gasteiger partial charge on any atom is -0.367 e. The molecular formula is C14H21N3OS. The predicted octanol–water partition coefficient (Wildman–Crippen LogP) is 2.55. The molecule has 0 radical (unpaired) electrons. The Morgan fingerprint density at radius 2 is 2.37 bits per heavy atom. The zero-order valence-electron chi connectivity index (χ0n) is 11.6. The molecule has 3 rings (SSSR count). The van der Waals surface area contributed by atoms with Crippen molar-refractivity contribution in [1.29, 1.82) is 0 Å². The fraction of sp³-hybridized carbons (Fsp3) is 0.714. The molecule has 2 unspecified atom stereocenters. The number of rotatable bonds is 2. The van der Waals surface area contributed by atoms with Crippen LogP contribution < -0.4 is 0 Å². The minimum atomic E-state index is 0.0435. The van der Waals surface area contributed by atoms with E-state index < -0.39 is 0 Å². The lowest BCUT2D eigenvalue weighted by molar-refractivity contribution is -0.0542. The van der Waals surface area contributed by atoms with E-state index in [1.165, 1.54) is 25.1 Å². The van der Waals surface area contributed by atoms with Gasteiger partial charge < -0.3 is 9.72 Å². The number of fused-ring (bicyclic) bond motifs is 1. The lowest BCUT2D eigenvalue weighted by Gasteiger charge is -2.34. The summed E-state index contributed by atoms with van der Waals surface area (Å²) < 4.78 is 6.70. The van der Waals surface area contributed by atoms with Gasteiger partial charge in [-0.2, -0.15) is 0 Å². The number of hydrogen-bond donors (Lipinski definition) is 1. The Bertz CT molecular complexity index is 528. The first-order valence-electron chi connectivity index (χ1n) is 7.14. The fourth-order valence-corrected chi connectivity index (χ4v) is 3.31. The summed E-state index contributed by atoms with van der Waals surface area (Å²) in [7, 11) is 0. The summed E-state index contributed by atoms with van der Waals surface area (Å²) in [4.78, 5) is 10.5. The van der Waals surface area contributed by atoms with Gasteiger partial charge in [0.1, 0.15) is 16.6 Å². The van der Waals surface area contributed by atoms with E-state index in [1.807, 2.05) is 6.92 Å². The summed E-state index contributed by atoms with van der Waals surface area (Å²) in [5.41, 5.74) is 2.28. The first-order valence-corrected chi connectivity index (χ1v) is 7.55. The van der Waals surface area contributed by atoms with Gasteiger partial charge in [-0.1, -0.05) is 19.1 Å². The maximum Gasteiger partial charge on any atom is 0.138 e. The Balaban J connectivity index is 1.86. The van der Waals surface area contributed by atoms with Gasteiger partial charge in [-0.25, -0.2) is 4.98 Å². The van der Waals surface area contributed by atoms with E-state index in [0.717, 1.165) is 31.0 Å². The van der Waals surface area contributed by atoms with Crippen LogP contribution in [0.2, 0.25) is 0 Å². The molecule has 2 aliphatic rings. The molecule has 3 heterocycles. The van der Waals surface area contributed by atoms with Crippen molar-refractivity contribution in [1.82, 2.24) is 14.9 Å². The molecule has 0 bridgehead atoms. The van der Waals surface area contributed by atoms with Gasteiger partial charge in [0, 0.05) is 23.8 Å².